The van der Waals surface area contributed by atoms with Gasteiger partial charge < -0.3 is 19.7 Å². The number of aromatic hydroxyl groups is 3. The van der Waals surface area contributed by atoms with Crippen molar-refractivity contribution in [3.05, 3.63) is 41.3 Å². The van der Waals surface area contributed by atoms with Crippen molar-refractivity contribution in [3.63, 3.8) is 0 Å². The lowest BCUT2D eigenvalue weighted by atomic mass is 10.2. The molecule has 104 valence electrons. The molecule has 0 bridgehead atoms. The van der Waals surface area contributed by atoms with Gasteiger partial charge in [-0.3, -0.25) is 4.79 Å². The monoisotopic (exact) mass is 276 g/mol. The van der Waals surface area contributed by atoms with Crippen molar-refractivity contribution < 1.29 is 24.5 Å². The molecule has 1 aromatic heterocycles. The van der Waals surface area contributed by atoms with Gasteiger partial charge in [-0.05, 0) is 31.2 Å². The van der Waals surface area contributed by atoms with Crippen molar-refractivity contribution in [2.75, 3.05) is 0 Å². The number of amides is 1. The highest BCUT2D eigenvalue weighted by Gasteiger charge is 2.12. The number of carbonyl (C=O) groups is 1. The minimum atomic E-state index is -0.684. The minimum Gasteiger partial charge on any atom is -0.504 e. The number of rotatable bonds is 3. The summed E-state index contributed by atoms with van der Waals surface area (Å²) < 4.78 is 5.21. The van der Waals surface area contributed by atoms with E-state index in [1.165, 1.54) is 6.21 Å². The summed E-state index contributed by atoms with van der Waals surface area (Å²) in [4.78, 5) is 11.7. The van der Waals surface area contributed by atoms with Crippen LogP contribution in [0.4, 0.5) is 0 Å². The van der Waals surface area contributed by atoms with Gasteiger partial charge in [0, 0.05) is 5.56 Å². The van der Waals surface area contributed by atoms with E-state index < -0.39 is 23.2 Å². The first-order chi connectivity index (χ1) is 9.47. The highest BCUT2D eigenvalue weighted by atomic mass is 16.3. The lowest BCUT2D eigenvalue weighted by Gasteiger charge is -2.04. The fourth-order valence-electron chi connectivity index (χ4n) is 1.48. The van der Waals surface area contributed by atoms with Gasteiger partial charge in [-0.15, -0.1) is 0 Å². The Morgan fingerprint density at radius 3 is 2.45 bits per heavy atom. The summed E-state index contributed by atoms with van der Waals surface area (Å²) in [5.41, 5.74) is 2.15. The number of phenolic OH excluding ortho intramolecular Hbond substituents is 3. The zero-order valence-corrected chi connectivity index (χ0v) is 10.5. The maximum Gasteiger partial charge on any atom is 0.271 e. The van der Waals surface area contributed by atoms with Gasteiger partial charge in [0.15, 0.2) is 17.2 Å². The standard InChI is InChI=1S/C13H12N2O5/c1-7-2-3-9(20-7)6-14-15-13(19)8-4-10(16)12(18)11(17)5-8/h2-6,16-18H,1H3,(H,15,19). The van der Waals surface area contributed by atoms with Crippen molar-refractivity contribution >= 4 is 12.1 Å². The molecule has 0 atom stereocenters. The Hall–Kier alpha value is -2.96. The molecule has 0 unspecified atom stereocenters. The summed E-state index contributed by atoms with van der Waals surface area (Å²) in [5, 5.41) is 31.4. The number of hydrogen-bond acceptors (Lipinski definition) is 6. The highest BCUT2D eigenvalue weighted by molar-refractivity contribution is 5.96. The van der Waals surface area contributed by atoms with E-state index in [-0.39, 0.29) is 5.56 Å². The van der Waals surface area contributed by atoms with E-state index in [0.717, 1.165) is 12.1 Å². The van der Waals surface area contributed by atoms with Crippen LogP contribution in [0.3, 0.4) is 0 Å². The predicted molar refractivity (Wildman–Crippen MR) is 69.9 cm³/mol. The molecule has 0 radical (unpaired) electrons. The van der Waals surface area contributed by atoms with Gasteiger partial charge in [-0.1, -0.05) is 0 Å². The van der Waals surface area contributed by atoms with Crippen LogP contribution in [0.15, 0.2) is 33.8 Å². The summed E-state index contributed by atoms with van der Waals surface area (Å²) >= 11 is 0. The molecule has 2 aromatic rings. The third-order valence-corrected chi connectivity index (χ3v) is 2.45. The van der Waals surface area contributed by atoms with Gasteiger partial charge >= 0.3 is 0 Å². The molecule has 4 N–H and O–H groups in total. The van der Waals surface area contributed by atoms with Gasteiger partial charge in [-0.2, -0.15) is 5.10 Å². The van der Waals surface area contributed by atoms with E-state index in [0.29, 0.717) is 11.5 Å². The number of nitrogens with one attached hydrogen (secondary N) is 1. The quantitative estimate of drug-likeness (QED) is 0.385. The number of phenols is 3. The van der Waals surface area contributed by atoms with Gasteiger partial charge in [0.25, 0.3) is 5.91 Å². The Balaban J connectivity index is 2.07. The fourth-order valence-corrected chi connectivity index (χ4v) is 1.48. The van der Waals surface area contributed by atoms with E-state index in [1.54, 1.807) is 19.1 Å². The molecule has 0 spiro atoms. The van der Waals surface area contributed by atoms with E-state index in [1.807, 2.05) is 0 Å². The molecule has 0 saturated carbocycles. The molecule has 0 aliphatic heterocycles. The lowest BCUT2D eigenvalue weighted by molar-refractivity contribution is 0.0954. The van der Waals surface area contributed by atoms with E-state index in [2.05, 4.69) is 10.5 Å². The average Bonchev–Trinajstić information content (AvgIpc) is 2.81. The second-order valence-electron chi connectivity index (χ2n) is 4.01. The smallest absolute Gasteiger partial charge is 0.271 e. The van der Waals surface area contributed by atoms with Crippen molar-refractivity contribution in [2.45, 2.75) is 6.92 Å². The van der Waals surface area contributed by atoms with Gasteiger partial charge in [0.2, 0.25) is 0 Å². The van der Waals surface area contributed by atoms with Crippen LogP contribution in [-0.4, -0.2) is 27.4 Å². The number of hydrazone groups is 1. The summed E-state index contributed by atoms with van der Waals surface area (Å²) in [7, 11) is 0. The molecular weight excluding hydrogens is 264 g/mol. The zero-order chi connectivity index (χ0) is 14.7. The van der Waals surface area contributed by atoms with Crippen LogP contribution in [0.1, 0.15) is 21.9 Å². The first-order valence-corrected chi connectivity index (χ1v) is 5.62. The maximum absolute atomic E-state index is 11.7. The molecule has 20 heavy (non-hydrogen) atoms. The van der Waals surface area contributed by atoms with Crippen molar-refractivity contribution in [1.29, 1.82) is 0 Å². The highest BCUT2D eigenvalue weighted by Crippen LogP contribution is 2.35. The molecule has 0 aliphatic rings. The Morgan fingerprint density at radius 2 is 1.90 bits per heavy atom. The topological polar surface area (TPSA) is 115 Å². The second-order valence-corrected chi connectivity index (χ2v) is 4.01. The SMILES string of the molecule is Cc1ccc(C=NNC(=O)c2cc(O)c(O)c(O)c2)o1. The first kappa shape index (κ1) is 13.5. The normalized spacial score (nSPS) is 10.8. The van der Waals surface area contributed by atoms with Crippen LogP contribution >= 0.6 is 0 Å². The third kappa shape index (κ3) is 2.89. The Kier molecular flexibility index (Phi) is 3.60. The predicted octanol–water partition coefficient (Wildman–Crippen LogP) is 1.47. The lowest BCUT2D eigenvalue weighted by Crippen LogP contribution is -2.17. The summed E-state index contributed by atoms with van der Waals surface area (Å²) in [6.07, 6.45) is 1.31. The molecule has 0 fully saturated rings. The molecule has 1 amide bonds. The summed E-state index contributed by atoms with van der Waals surface area (Å²) in [6.45, 7) is 1.78. The van der Waals surface area contributed by atoms with Gasteiger partial charge in [-0.25, -0.2) is 5.43 Å². The van der Waals surface area contributed by atoms with Crippen molar-refractivity contribution in [2.24, 2.45) is 5.10 Å². The van der Waals surface area contributed by atoms with Crippen LogP contribution in [-0.2, 0) is 0 Å². The van der Waals surface area contributed by atoms with Crippen LogP contribution in [0, 0.1) is 6.92 Å². The van der Waals surface area contributed by atoms with E-state index >= 15 is 0 Å². The molecule has 0 aliphatic carbocycles. The van der Waals surface area contributed by atoms with Crippen LogP contribution in [0.5, 0.6) is 17.2 Å². The Labute approximate surface area is 113 Å². The molecule has 1 heterocycles. The largest absolute Gasteiger partial charge is 0.504 e. The number of hydrogen-bond donors (Lipinski definition) is 4. The molecule has 7 nitrogen and oxygen atoms in total. The second kappa shape index (κ2) is 5.35. The number of benzene rings is 1. The van der Waals surface area contributed by atoms with Gasteiger partial charge in [0.1, 0.15) is 11.5 Å². The Bertz CT molecular complexity index is 652. The number of aryl methyl sites for hydroxylation is 1. The average molecular weight is 276 g/mol. The molecular formula is C13H12N2O5. The summed E-state index contributed by atoms with van der Waals surface area (Å²) in [5.74, 6) is -1.35. The number of furan rings is 1. The third-order valence-electron chi connectivity index (χ3n) is 2.45. The fraction of sp³-hybridized carbons (Fsp3) is 0.0769. The number of carbonyl (C=O) groups excluding carboxylic acids is 1. The minimum absolute atomic E-state index is 0.0504. The van der Waals surface area contributed by atoms with Crippen molar-refractivity contribution in [3.8, 4) is 17.2 Å². The molecule has 1 aromatic carbocycles. The van der Waals surface area contributed by atoms with Gasteiger partial charge in [0.05, 0.1) is 6.21 Å². The Morgan fingerprint density at radius 1 is 1.25 bits per heavy atom. The van der Waals surface area contributed by atoms with Crippen LogP contribution in [0.25, 0.3) is 0 Å². The zero-order valence-electron chi connectivity index (χ0n) is 10.5. The molecule has 0 saturated heterocycles. The van der Waals surface area contributed by atoms with E-state index in [9.17, 15) is 15.0 Å². The van der Waals surface area contributed by atoms with Crippen molar-refractivity contribution in [1.82, 2.24) is 5.43 Å². The first-order valence-electron chi connectivity index (χ1n) is 5.62. The number of nitrogens with zero attached hydrogens (tertiary/aromatic N) is 1. The van der Waals surface area contributed by atoms with Crippen LogP contribution < -0.4 is 5.43 Å². The maximum atomic E-state index is 11.7. The molecule has 7 heteroatoms. The summed E-state index contributed by atoms with van der Waals surface area (Å²) in [6, 6.07) is 5.45. The van der Waals surface area contributed by atoms with Crippen LogP contribution in [0.2, 0.25) is 0 Å². The van der Waals surface area contributed by atoms with E-state index in [4.69, 9.17) is 9.52 Å². The molecule has 2 rings (SSSR count).